The molecule has 0 aliphatic heterocycles. The summed E-state index contributed by atoms with van der Waals surface area (Å²) in [6.07, 6.45) is 3.09. The molecule has 4 rings (SSSR count). The van der Waals surface area contributed by atoms with Gasteiger partial charge in [0, 0.05) is 20.3 Å². The first-order valence-electron chi connectivity index (χ1n) is 13.3. The molecular formula is C31H36N6O4. The second kappa shape index (κ2) is 12.8. The number of nitrogens with zero attached hydrogens (tertiary/aromatic N) is 3. The molecule has 3 aromatic carbocycles. The van der Waals surface area contributed by atoms with Crippen LogP contribution in [0.15, 0.2) is 85.3 Å². The lowest BCUT2D eigenvalue weighted by atomic mass is 10.0. The molecule has 2 atom stereocenters. The molecule has 4 aromatic rings. The Kier molecular flexibility index (Phi) is 9.16. The van der Waals surface area contributed by atoms with E-state index in [4.69, 9.17) is 10.5 Å². The summed E-state index contributed by atoms with van der Waals surface area (Å²) in [7, 11) is 3.38. The van der Waals surface area contributed by atoms with E-state index in [-0.39, 0.29) is 24.9 Å². The van der Waals surface area contributed by atoms with Crippen molar-refractivity contribution in [1.82, 2.24) is 19.8 Å². The number of carbonyl (C=O) groups excluding carboxylic acids is 3. The van der Waals surface area contributed by atoms with Crippen molar-refractivity contribution in [3.05, 3.63) is 96.4 Å². The fourth-order valence-corrected chi connectivity index (χ4v) is 4.22. The maximum Gasteiger partial charge on any atom is 0.250 e. The summed E-state index contributed by atoms with van der Waals surface area (Å²) in [4.78, 5) is 45.0. The number of amides is 3. The van der Waals surface area contributed by atoms with Gasteiger partial charge in [-0.3, -0.25) is 14.4 Å². The minimum Gasteiger partial charge on any atom is -0.374 e. The maximum atomic E-state index is 13.3. The van der Waals surface area contributed by atoms with Gasteiger partial charge in [-0.2, -0.15) is 0 Å². The summed E-state index contributed by atoms with van der Waals surface area (Å²) in [5.74, 6) is -0.955. The van der Waals surface area contributed by atoms with Gasteiger partial charge in [-0.1, -0.05) is 66.7 Å². The number of anilines is 1. The van der Waals surface area contributed by atoms with Crippen molar-refractivity contribution in [1.29, 1.82) is 0 Å². The number of hydrogen-bond donors (Lipinski definition) is 3. The number of benzene rings is 3. The minimum absolute atomic E-state index is 0.0813. The molecule has 214 valence electrons. The molecule has 1 heterocycles. The van der Waals surface area contributed by atoms with Crippen molar-refractivity contribution < 1.29 is 19.1 Å². The highest BCUT2D eigenvalue weighted by molar-refractivity contribution is 5.98. The highest BCUT2D eigenvalue weighted by atomic mass is 16.5. The Bertz CT molecular complexity index is 1510. The minimum atomic E-state index is -1.20. The Hall–Kier alpha value is -4.54. The van der Waals surface area contributed by atoms with Crippen molar-refractivity contribution in [3.8, 4) is 0 Å². The van der Waals surface area contributed by atoms with Crippen molar-refractivity contribution in [2.24, 2.45) is 5.73 Å². The molecule has 0 fully saturated rings. The molecule has 0 spiro atoms. The molecule has 0 saturated heterocycles. The Balaban J connectivity index is 1.53. The van der Waals surface area contributed by atoms with Gasteiger partial charge in [-0.25, -0.2) is 4.98 Å². The van der Waals surface area contributed by atoms with E-state index in [1.54, 1.807) is 38.7 Å². The van der Waals surface area contributed by atoms with Gasteiger partial charge < -0.3 is 30.6 Å². The highest BCUT2D eigenvalue weighted by Crippen LogP contribution is 2.26. The summed E-state index contributed by atoms with van der Waals surface area (Å²) in [6.45, 7) is 3.29. The van der Waals surface area contributed by atoms with E-state index < -0.39 is 29.4 Å². The third kappa shape index (κ3) is 7.56. The van der Waals surface area contributed by atoms with E-state index >= 15 is 0 Å². The molecular weight excluding hydrogens is 520 g/mol. The van der Waals surface area contributed by atoms with Crippen LogP contribution < -0.4 is 16.4 Å². The number of aromatic nitrogens is 2. The number of nitrogens with two attached hydrogens (primary N) is 1. The van der Waals surface area contributed by atoms with Crippen LogP contribution in [0.2, 0.25) is 0 Å². The van der Waals surface area contributed by atoms with Crippen molar-refractivity contribution in [3.63, 3.8) is 0 Å². The maximum absolute atomic E-state index is 13.3. The van der Waals surface area contributed by atoms with Crippen LogP contribution in [-0.2, 0) is 25.7 Å². The third-order valence-electron chi connectivity index (χ3n) is 6.52. The second-order valence-corrected chi connectivity index (χ2v) is 10.7. The summed E-state index contributed by atoms with van der Waals surface area (Å²) < 4.78 is 7.41. The average Bonchev–Trinajstić information content (AvgIpc) is 3.40. The number of likely N-dealkylation sites (N-methyl/N-ethyl adjacent to an activating group) is 1. The standard InChI is InChI=1S/C31H36N6O4/c1-31(2,32)30(40)34-25(19-41-18-21-10-6-5-7-11-21)28(38)35-26-17-37(20-33-26)27(29(39)36(3)4)24-15-14-22-12-8-9-13-23(22)16-24/h5-17,20,25,27H,18-19,32H2,1-4H3,(H,34,40)(H,35,38). The molecule has 10 nitrogen and oxygen atoms in total. The molecule has 0 aliphatic rings. The first kappa shape index (κ1) is 29.4. The Morgan fingerprint density at radius 2 is 1.68 bits per heavy atom. The molecule has 41 heavy (non-hydrogen) atoms. The number of carbonyl (C=O) groups is 3. The Labute approximate surface area is 239 Å². The second-order valence-electron chi connectivity index (χ2n) is 10.7. The number of imidazole rings is 1. The summed E-state index contributed by atoms with van der Waals surface area (Å²) in [5, 5.41) is 7.48. The fourth-order valence-electron chi connectivity index (χ4n) is 4.22. The van der Waals surface area contributed by atoms with Gasteiger partial charge in [-0.15, -0.1) is 0 Å². The van der Waals surface area contributed by atoms with Crippen LogP contribution in [0.5, 0.6) is 0 Å². The number of nitrogens with one attached hydrogen (secondary N) is 2. The molecule has 10 heteroatoms. The third-order valence-corrected chi connectivity index (χ3v) is 6.52. The molecule has 2 unspecified atom stereocenters. The van der Waals surface area contributed by atoms with Gasteiger partial charge in [0.2, 0.25) is 11.8 Å². The summed E-state index contributed by atoms with van der Waals surface area (Å²) in [5.41, 5.74) is 6.46. The van der Waals surface area contributed by atoms with Crippen LogP contribution in [-0.4, -0.2) is 64.5 Å². The molecule has 0 bridgehead atoms. The fraction of sp³-hybridized carbons (Fsp3) is 0.290. The first-order valence-corrected chi connectivity index (χ1v) is 13.3. The zero-order chi connectivity index (χ0) is 29.6. The van der Waals surface area contributed by atoms with Gasteiger partial charge in [0.25, 0.3) is 5.91 Å². The summed E-state index contributed by atoms with van der Waals surface area (Å²) in [6, 6.07) is 21.6. The van der Waals surface area contributed by atoms with Gasteiger partial charge in [0.05, 0.1) is 25.1 Å². The normalized spacial score (nSPS) is 12.9. The van der Waals surface area contributed by atoms with Gasteiger partial charge >= 0.3 is 0 Å². The zero-order valence-corrected chi connectivity index (χ0v) is 23.7. The first-order chi connectivity index (χ1) is 19.5. The van der Waals surface area contributed by atoms with E-state index in [9.17, 15) is 14.4 Å². The highest BCUT2D eigenvalue weighted by Gasteiger charge is 2.29. The van der Waals surface area contributed by atoms with E-state index in [0.29, 0.717) is 0 Å². The van der Waals surface area contributed by atoms with Crippen LogP contribution in [0.4, 0.5) is 5.82 Å². The largest absolute Gasteiger partial charge is 0.374 e. The van der Waals surface area contributed by atoms with Crippen LogP contribution in [0, 0.1) is 0 Å². The number of fused-ring (bicyclic) bond motifs is 1. The van der Waals surface area contributed by atoms with E-state index in [2.05, 4.69) is 15.6 Å². The monoisotopic (exact) mass is 556 g/mol. The number of ether oxygens (including phenoxy) is 1. The van der Waals surface area contributed by atoms with E-state index in [1.807, 2.05) is 72.8 Å². The molecule has 0 saturated carbocycles. The lowest BCUT2D eigenvalue weighted by molar-refractivity contribution is -0.131. The topological polar surface area (TPSA) is 132 Å². The SMILES string of the molecule is CN(C)C(=O)C(c1ccc2ccccc2c1)n1cnc(NC(=O)C(COCc2ccccc2)NC(=O)C(C)(C)N)c1. The van der Waals surface area contributed by atoms with Crippen molar-refractivity contribution in [2.75, 3.05) is 26.0 Å². The van der Waals surface area contributed by atoms with Crippen LogP contribution in [0.25, 0.3) is 10.8 Å². The summed E-state index contributed by atoms with van der Waals surface area (Å²) >= 11 is 0. The van der Waals surface area contributed by atoms with Crippen molar-refractivity contribution in [2.45, 2.75) is 38.1 Å². The van der Waals surface area contributed by atoms with Crippen molar-refractivity contribution >= 4 is 34.3 Å². The predicted molar refractivity (Wildman–Crippen MR) is 158 cm³/mol. The van der Waals surface area contributed by atoms with Crippen LogP contribution in [0.1, 0.15) is 31.0 Å². The number of rotatable bonds is 11. The average molecular weight is 557 g/mol. The van der Waals surface area contributed by atoms with Gasteiger partial charge in [-0.05, 0) is 41.8 Å². The lowest BCUT2D eigenvalue weighted by Gasteiger charge is -2.23. The smallest absolute Gasteiger partial charge is 0.250 e. The Morgan fingerprint density at radius 3 is 2.37 bits per heavy atom. The quantitative estimate of drug-likeness (QED) is 0.260. The molecule has 3 amide bonds. The molecule has 4 N–H and O–H groups in total. The van der Waals surface area contributed by atoms with E-state index in [1.165, 1.54) is 11.2 Å². The number of hydrogen-bond acceptors (Lipinski definition) is 6. The lowest BCUT2D eigenvalue weighted by Crippen LogP contribution is -2.56. The van der Waals surface area contributed by atoms with Crippen LogP contribution in [0.3, 0.4) is 0 Å². The molecule has 1 aromatic heterocycles. The Morgan fingerprint density at radius 1 is 1.00 bits per heavy atom. The molecule has 0 aliphatic carbocycles. The molecule has 0 radical (unpaired) electrons. The van der Waals surface area contributed by atoms with E-state index in [0.717, 1.165) is 21.9 Å². The van der Waals surface area contributed by atoms with Gasteiger partial charge in [0.15, 0.2) is 5.82 Å². The zero-order valence-electron chi connectivity index (χ0n) is 23.7. The predicted octanol–water partition coefficient (Wildman–Crippen LogP) is 3.09. The van der Waals surface area contributed by atoms with Gasteiger partial charge in [0.1, 0.15) is 12.1 Å². The van der Waals surface area contributed by atoms with Crippen LogP contribution >= 0.6 is 0 Å².